The van der Waals surface area contributed by atoms with Crippen LogP contribution in [0.3, 0.4) is 0 Å². The molecule has 4 heterocycles. The largest absolute Gasteiger partial charge is 0.341 e. The molecule has 1 aliphatic rings. The van der Waals surface area contributed by atoms with Crippen LogP contribution in [0.4, 0.5) is 0 Å². The summed E-state index contributed by atoms with van der Waals surface area (Å²) in [7, 11) is 0. The standard InChI is InChI=1S/C18H20ClN5OS/c19-14-2-3-17-21-16(11-24(17)9-14)10-22-4-1-5-23(7-6-22)18(25)8-15-12-26-13-20-15/h2-3,9,11-13H,1,4-8,10H2. The van der Waals surface area contributed by atoms with Crippen LogP contribution in [0.1, 0.15) is 17.8 Å². The van der Waals surface area contributed by atoms with Crippen LogP contribution in [0.25, 0.3) is 5.65 Å². The van der Waals surface area contributed by atoms with Gasteiger partial charge in [0.25, 0.3) is 0 Å². The predicted molar refractivity (Wildman–Crippen MR) is 102 cm³/mol. The van der Waals surface area contributed by atoms with Gasteiger partial charge < -0.3 is 9.30 Å². The van der Waals surface area contributed by atoms with E-state index in [9.17, 15) is 4.79 Å². The van der Waals surface area contributed by atoms with Crippen LogP contribution in [0.2, 0.25) is 5.02 Å². The van der Waals surface area contributed by atoms with Gasteiger partial charge in [-0.1, -0.05) is 11.6 Å². The number of carbonyl (C=O) groups is 1. The molecule has 26 heavy (non-hydrogen) atoms. The van der Waals surface area contributed by atoms with E-state index in [2.05, 4.69) is 14.9 Å². The van der Waals surface area contributed by atoms with Gasteiger partial charge in [0, 0.05) is 50.5 Å². The van der Waals surface area contributed by atoms with Crippen LogP contribution < -0.4 is 0 Å². The van der Waals surface area contributed by atoms with E-state index >= 15 is 0 Å². The van der Waals surface area contributed by atoms with Crippen molar-refractivity contribution in [3.05, 3.63) is 51.8 Å². The Bertz CT molecular complexity index is 894. The molecule has 4 rings (SSSR count). The molecule has 3 aromatic heterocycles. The summed E-state index contributed by atoms with van der Waals surface area (Å²) in [6.45, 7) is 4.17. The Labute approximate surface area is 161 Å². The molecular formula is C18H20ClN5OS. The van der Waals surface area contributed by atoms with E-state index < -0.39 is 0 Å². The van der Waals surface area contributed by atoms with Gasteiger partial charge in [0.15, 0.2) is 0 Å². The lowest BCUT2D eigenvalue weighted by atomic mass is 10.3. The molecule has 0 radical (unpaired) electrons. The van der Waals surface area contributed by atoms with Crippen molar-refractivity contribution < 1.29 is 4.79 Å². The van der Waals surface area contributed by atoms with E-state index in [0.717, 1.165) is 56.2 Å². The zero-order valence-corrected chi connectivity index (χ0v) is 15.9. The highest BCUT2D eigenvalue weighted by Gasteiger charge is 2.20. The Morgan fingerprint density at radius 2 is 2.08 bits per heavy atom. The van der Waals surface area contributed by atoms with Gasteiger partial charge in [-0.25, -0.2) is 9.97 Å². The number of carbonyl (C=O) groups excluding carboxylic acids is 1. The van der Waals surface area contributed by atoms with E-state index in [0.29, 0.717) is 11.4 Å². The van der Waals surface area contributed by atoms with E-state index in [1.54, 1.807) is 5.51 Å². The molecule has 3 aromatic rings. The van der Waals surface area contributed by atoms with Crippen LogP contribution >= 0.6 is 22.9 Å². The minimum absolute atomic E-state index is 0.167. The number of fused-ring (bicyclic) bond motifs is 1. The summed E-state index contributed by atoms with van der Waals surface area (Å²) in [5, 5.41) is 2.64. The van der Waals surface area contributed by atoms with Crippen molar-refractivity contribution in [1.29, 1.82) is 0 Å². The average Bonchev–Trinajstić information content (AvgIpc) is 3.19. The minimum atomic E-state index is 0.167. The van der Waals surface area contributed by atoms with Crippen LogP contribution in [0.15, 0.2) is 35.4 Å². The highest BCUT2D eigenvalue weighted by Crippen LogP contribution is 2.14. The van der Waals surface area contributed by atoms with Gasteiger partial charge in [0.05, 0.1) is 28.3 Å². The first-order valence-corrected chi connectivity index (χ1v) is 10.00. The van der Waals surface area contributed by atoms with E-state index in [1.807, 2.05) is 39.2 Å². The maximum absolute atomic E-state index is 12.5. The summed E-state index contributed by atoms with van der Waals surface area (Å²) in [5.74, 6) is 0.167. The van der Waals surface area contributed by atoms with Crippen molar-refractivity contribution in [1.82, 2.24) is 24.2 Å². The normalized spacial score (nSPS) is 16.1. The molecule has 6 nitrogen and oxygen atoms in total. The molecule has 1 aliphatic heterocycles. The lowest BCUT2D eigenvalue weighted by Crippen LogP contribution is -2.36. The van der Waals surface area contributed by atoms with Crippen LogP contribution in [-0.2, 0) is 17.8 Å². The molecule has 0 spiro atoms. The zero-order chi connectivity index (χ0) is 17.9. The molecule has 0 atom stereocenters. The van der Waals surface area contributed by atoms with Gasteiger partial charge in [-0.15, -0.1) is 11.3 Å². The molecule has 136 valence electrons. The molecule has 0 aliphatic carbocycles. The van der Waals surface area contributed by atoms with Crippen molar-refractivity contribution >= 4 is 34.5 Å². The first kappa shape index (κ1) is 17.5. The van der Waals surface area contributed by atoms with Gasteiger partial charge in [-0.2, -0.15) is 0 Å². The third-order valence-electron chi connectivity index (χ3n) is 4.61. The maximum Gasteiger partial charge on any atom is 0.228 e. The quantitative estimate of drug-likeness (QED) is 0.688. The monoisotopic (exact) mass is 389 g/mol. The molecule has 1 saturated heterocycles. The Balaban J connectivity index is 1.36. The summed E-state index contributed by atoms with van der Waals surface area (Å²) in [4.78, 5) is 25.7. The van der Waals surface area contributed by atoms with Crippen LogP contribution in [0, 0.1) is 0 Å². The molecule has 1 amide bonds. The predicted octanol–water partition coefficient (Wildman–Crippen LogP) is 2.72. The van der Waals surface area contributed by atoms with E-state index in [4.69, 9.17) is 11.6 Å². The fourth-order valence-electron chi connectivity index (χ4n) is 3.29. The number of imidazole rings is 1. The highest BCUT2D eigenvalue weighted by atomic mass is 35.5. The number of amides is 1. The van der Waals surface area contributed by atoms with Crippen molar-refractivity contribution in [2.75, 3.05) is 26.2 Å². The van der Waals surface area contributed by atoms with Crippen molar-refractivity contribution in [2.45, 2.75) is 19.4 Å². The molecule has 0 saturated carbocycles. The van der Waals surface area contributed by atoms with Gasteiger partial charge in [-0.3, -0.25) is 9.69 Å². The number of hydrogen-bond acceptors (Lipinski definition) is 5. The SMILES string of the molecule is O=C(Cc1cscn1)N1CCCN(Cc2cn3cc(Cl)ccc3n2)CC1. The number of thiazole rings is 1. The number of nitrogens with zero attached hydrogens (tertiary/aromatic N) is 5. The number of hydrogen-bond donors (Lipinski definition) is 0. The third-order valence-corrected chi connectivity index (χ3v) is 5.47. The van der Waals surface area contributed by atoms with Gasteiger partial charge in [0.2, 0.25) is 5.91 Å². The second-order valence-electron chi connectivity index (χ2n) is 6.51. The Hall–Kier alpha value is -1.96. The van der Waals surface area contributed by atoms with Crippen molar-refractivity contribution in [2.24, 2.45) is 0 Å². The molecule has 0 N–H and O–H groups in total. The molecule has 1 fully saturated rings. The number of halogens is 1. The van der Waals surface area contributed by atoms with E-state index in [1.165, 1.54) is 11.3 Å². The van der Waals surface area contributed by atoms with Crippen LogP contribution in [-0.4, -0.2) is 56.3 Å². The van der Waals surface area contributed by atoms with Gasteiger partial charge in [-0.05, 0) is 18.6 Å². The summed E-state index contributed by atoms with van der Waals surface area (Å²) in [6, 6.07) is 3.78. The molecule has 8 heteroatoms. The topological polar surface area (TPSA) is 53.7 Å². The van der Waals surface area contributed by atoms with Crippen LogP contribution in [0.5, 0.6) is 0 Å². The summed E-state index contributed by atoms with van der Waals surface area (Å²) >= 11 is 7.57. The van der Waals surface area contributed by atoms with E-state index in [-0.39, 0.29) is 5.91 Å². The third kappa shape index (κ3) is 4.06. The Morgan fingerprint density at radius 3 is 2.92 bits per heavy atom. The highest BCUT2D eigenvalue weighted by molar-refractivity contribution is 7.07. The lowest BCUT2D eigenvalue weighted by molar-refractivity contribution is -0.130. The molecule has 0 bridgehead atoms. The van der Waals surface area contributed by atoms with Crippen molar-refractivity contribution in [3.8, 4) is 0 Å². The lowest BCUT2D eigenvalue weighted by Gasteiger charge is -2.21. The first-order valence-electron chi connectivity index (χ1n) is 8.68. The summed E-state index contributed by atoms with van der Waals surface area (Å²) < 4.78 is 1.96. The summed E-state index contributed by atoms with van der Waals surface area (Å²) in [6.07, 6.45) is 5.27. The fourth-order valence-corrected chi connectivity index (χ4v) is 4.02. The second kappa shape index (κ2) is 7.73. The van der Waals surface area contributed by atoms with Crippen molar-refractivity contribution in [3.63, 3.8) is 0 Å². The fraction of sp³-hybridized carbons (Fsp3) is 0.389. The Kier molecular flexibility index (Phi) is 5.19. The zero-order valence-electron chi connectivity index (χ0n) is 14.3. The average molecular weight is 390 g/mol. The molecule has 0 unspecified atom stereocenters. The van der Waals surface area contributed by atoms with Gasteiger partial charge in [0.1, 0.15) is 5.65 Å². The first-order chi connectivity index (χ1) is 12.7. The smallest absolute Gasteiger partial charge is 0.228 e. The summed E-state index contributed by atoms with van der Waals surface area (Å²) in [5.41, 5.74) is 4.56. The van der Waals surface area contributed by atoms with Gasteiger partial charge >= 0.3 is 0 Å². The Morgan fingerprint density at radius 1 is 1.15 bits per heavy atom. The molecular weight excluding hydrogens is 370 g/mol. The maximum atomic E-state index is 12.5. The minimum Gasteiger partial charge on any atom is -0.341 e. The number of aromatic nitrogens is 3. The molecule has 0 aromatic carbocycles. The second-order valence-corrected chi connectivity index (χ2v) is 7.67. The number of pyridine rings is 1. The number of rotatable bonds is 4.